The standard InChI is InChI=1S/C19H17Cl2N3O4/c1-19(12-5-3-4-6-13(12)21)17(26)24(18(27)23-19)10-16(25)22-14-9-11(20)7-8-15(14)28-2/h3-9H,10H2,1-2H3,(H,22,25)(H,23,27)/t19-/m0/s1. The number of rotatable bonds is 5. The number of methoxy groups -OCH3 is 1. The Morgan fingerprint density at radius 2 is 1.93 bits per heavy atom. The predicted molar refractivity (Wildman–Crippen MR) is 106 cm³/mol. The molecule has 0 aromatic heterocycles. The minimum atomic E-state index is -1.36. The summed E-state index contributed by atoms with van der Waals surface area (Å²) in [6.07, 6.45) is 0. The molecule has 146 valence electrons. The maximum absolute atomic E-state index is 12.9. The maximum Gasteiger partial charge on any atom is 0.325 e. The van der Waals surface area contributed by atoms with E-state index in [0.717, 1.165) is 4.90 Å². The number of carbonyl (C=O) groups is 3. The Kier molecular flexibility index (Phi) is 5.49. The van der Waals surface area contributed by atoms with Gasteiger partial charge in [-0.3, -0.25) is 14.5 Å². The van der Waals surface area contributed by atoms with Gasteiger partial charge in [-0.25, -0.2) is 4.79 Å². The van der Waals surface area contributed by atoms with Crippen LogP contribution in [-0.2, 0) is 15.1 Å². The van der Waals surface area contributed by atoms with Gasteiger partial charge in [0.05, 0.1) is 12.8 Å². The first-order chi connectivity index (χ1) is 13.3. The van der Waals surface area contributed by atoms with Gasteiger partial charge in [0.2, 0.25) is 5.91 Å². The third-order valence-corrected chi connectivity index (χ3v) is 4.99. The number of halogens is 2. The molecular formula is C19H17Cl2N3O4. The van der Waals surface area contributed by atoms with Crippen LogP contribution >= 0.6 is 23.2 Å². The molecule has 9 heteroatoms. The lowest BCUT2D eigenvalue weighted by molar-refractivity contribution is -0.133. The van der Waals surface area contributed by atoms with Gasteiger partial charge in [-0.2, -0.15) is 0 Å². The normalized spacial score (nSPS) is 18.8. The molecule has 7 nitrogen and oxygen atoms in total. The number of amides is 4. The number of hydrogen-bond acceptors (Lipinski definition) is 4. The summed E-state index contributed by atoms with van der Waals surface area (Å²) < 4.78 is 5.17. The van der Waals surface area contributed by atoms with E-state index in [-0.39, 0.29) is 0 Å². The fraction of sp³-hybridized carbons (Fsp3) is 0.211. The highest BCUT2D eigenvalue weighted by atomic mass is 35.5. The average molecular weight is 422 g/mol. The maximum atomic E-state index is 12.9. The van der Waals surface area contributed by atoms with Gasteiger partial charge in [-0.05, 0) is 31.2 Å². The highest BCUT2D eigenvalue weighted by Gasteiger charge is 2.50. The molecule has 1 saturated heterocycles. The number of urea groups is 1. The van der Waals surface area contributed by atoms with Gasteiger partial charge < -0.3 is 15.4 Å². The first-order valence-corrected chi connectivity index (χ1v) is 9.04. The third-order valence-electron chi connectivity index (χ3n) is 4.42. The molecule has 0 spiro atoms. The largest absolute Gasteiger partial charge is 0.495 e. The minimum absolute atomic E-state index is 0.334. The molecule has 0 aliphatic carbocycles. The lowest BCUT2D eigenvalue weighted by atomic mass is 9.92. The molecule has 4 amide bonds. The zero-order valence-corrected chi connectivity index (χ0v) is 16.6. The molecule has 1 fully saturated rings. The van der Waals surface area contributed by atoms with Crippen molar-refractivity contribution >= 4 is 46.7 Å². The van der Waals surface area contributed by atoms with Crippen molar-refractivity contribution in [3.63, 3.8) is 0 Å². The zero-order chi connectivity index (χ0) is 20.5. The van der Waals surface area contributed by atoms with Gasteiger partial charge in [0.1, 0.15) is 17.8 Å². The van der Waals surface area contributed by atoms with Crippen LogP contribution in [0.3, 0.4) is 0 Å². The van der Waals surface area contributed by atoms with Crippen LogP contribution in [0.15, 0.2) is 42.5 Å². The monoisotopic (exact) mass is 421 g/mol. The van der Waals surface area contributed by atoms with Crippen molar-refractivity contribution < 1.29 is 19.1 Å². The molecular weight excluding hydrogens is 405 g/mol. The summed E-state index contributed by atoms with van der Waals surface area (Å²) in [6, 6.07) is 10.8. The number of hydrogen-bond donors (Lipinski definition) is 2. The van der Waals surface area contributed by atoms with Crippen molar-refractivity contribution in [3.8, 4) is 5.75 Å². The number of benzene rings is 2. The molecule has 2 N–H and O–H groups in total. The van der Waals surface area contributed by atoms with E-state index in [9.17, 15) is 14.4 Å². The summed E-state index contributed by atoms with van der Waals surface area (Å²) >= 11 is 12.1. The van der Waals surface area contributed by atoms with Crippen LogP contribution < -0.4 is 15.4 Å². The summed E-state index contributed by atoms with van der Waals surface area (Å²) in [5, 5.41) is 5.96. The second kappa shape index (κ2) is 7.69. The van der Waals surface area contributed by atoms with Crippen molar-refractivity contribution in [3.05, 3.63) is 58.1 Å². The summed E-state index contributed by atoms with van der Waals surface area (Å²) in [7, 11) is 1.45. The van der Waals surface area contributed by atoms with Crippen molar-refractivity contribution in [2.45, 2.75) is 12.5 Å². The summed E-state index contributed by atoms with van der Waals surface area (Å²) in [5.41, 5.74) is -0.570. The van der Waals surface area contributed by atoms with E-state index in [1.54, 1.807) is 43.3 Å². The molecule has 3 rings (SSSR count). The first kappa shape index (κ1) is 20.0. The fourth-order valence-corrected chi connectivity index (χ4v) is 3.50. The van der Waals surface area contributed by atoms with Crippen LogP contribution in [0.4, 0.5) is 10.5 Å². The van der Waals surface area contributed by atoms with Gasteiger partial charge in [0.15, 0.2) is 0 Å². The lowest BCUT2D eigenvalue weighted by Crippen LogP contribution is -2.42. The third kappa shape index (κ3) is 3.63. The van der Waals surface area contributed by atoms with E-state index < -0.39 is 29.9 Å². The van der Waals surface area contributed by atoms with Gasteiger partial charge in [0, 0.05) is 15.6 Å². The smallest absolute Gasteiger partial charge is 0.325 e. The molecule has 0 unspecified atom stereocenters. The van der Waals surface area contributed by atoms with E-state index in [2.05, 4.69) is 10.6 Å². The molecule has 2 aromatic carbocycles. The number of anilines is 1. The van der Waals surface area contributed by atoms with Crippen LogP contribution in [0, 0.1) is 0 Å². The van der Waals surface area contributed by atoms with Crippen molar-refractivity contribution in [2.75, 3.05) is 19.0 Å². The Labute approximate surface area is 171 Å². The number of ether oxygens (including phenoxy) is 1. The van der Waals surface area contributed by atoms with Gasteiger partial charge in [-0.1, -0.05) is 41.4 Å². The second-order valence-electron chi connectivity index (χ2n) is 6.32. The van der Waals surface area contributed by atoms with Gasteiger partial charge in [-0.15, -0.1) is 0 Å². The topological polar surface area (TPSA) is 87.7 Å². The fourth-order valence-electron chi connectivity index (χ4n) is 3.00. The van der Waals surface area contributed by atoms with E-state index in [1.807, 2.05) is 0 Å². The number of carbonyl (C=O) groups excluding carboxylic acids is 3. The zero-order valence-electron chi connectivity index (χ0n) is 15.1. The second-order valence-corrected chi connectivity index (χ2v) is 7.16. The minimum Gasteiger partial charge on any atom is -0.495 e. The van der Waals surface area contributed by atoms with Crippen molar-refractivity contribution in [1.82, 2.24) is 10.2 Å². The van der Waals surface area contributed by atoms with E-state index >= 15 is 0 Å². The van der Waals surface area contributed by atoms with Gasteiger partial charge >= 0.3 is 6.03 Å². The van der Waals surface area contributed by atoms with Crippen LogP contribution in [0.1, 0.15) is 12.5 Å². The Morgan fingerprint density at radius 1 is 1.21 bits per heavy atom. The van der Waals surface area contributed by atoms with Crippen LogP contribution in [-0.4, -0.2) is 36.4 Å². The number of imide groups is 1. The van der Waals surface area contributed by atoms with Crippen LogP contribution in [0.2, 0.25) is 10.0 Å². The Bertz CT molecular complexity index is 966. The molecule has 1 heterocycles. The Hall–Kier alpha value is -2.77. The quantitative estimate of drug-likeness (QED) is 0.723. The van der Waals surface area contributed by atoms with Crippen LogP contribution in [0.5, 0.6) is 5.75 Å². The molecule has 1 aliphatic heterocycles. The molecule has 0 bridgehead atoms. The Balaban J connectivity index is 1.79. The molecule has 28 heavy (non-hydrogen) atoms. The molecule has 2 aromatic rings. The van der Waals surface area contributed by atoms with E-state index in [0.29, 0.717) is 27.0 Å². The van der Waals surface area contributed by atoms with Crippen molar-refractivity contribution in [1.29, 1.82) is 0 Å². The van der Waals surface area contributed by atoms with E-state index in [4.69, 9.17) is 27.9 Å². The summed E-state index contributed by atoms with van der Waals surface area (Å²) in [5.74, 6) is -0.748. The summed E-state index contributed by atoms with van der Waals surface area (Å²) in [4.78, 5) is 38.6. The van der Waals surface area contributed by atoms with E-state index in [1.165, 1.54) is 13.2 Å². The molecule has 1 atom stereocenters. The number of nitrogens with one attached hydrogen (secondary N) is 2. The van der Waals surface area contributed by atoms with Crippen molar-refractivity contribution in [2.24, 2.45) is 0 Å². The van der Waals surface area contributed by atoms with Crippen LogP contribution in [0.25, 0.3) is 0 Å². The molecule has 1 aliphatic rings. The lowest BCUT2D eigenvalue weighted by Gasteiger charge is -2.23. The van der Waals surface area contributed by atoms with Gasteiger partial charge in [0.25, 0.3) is 5.91 Å². The number of nitrogens with zero attached hydrogens (tertiary/aromatic N) is 1. The SMILES string of the molecule is COc1ccc(Cl)cc1NC(=O)CN1C(=O)N[C@@](C)(c2ccccc2Cl)C1=O. The average Bonchev–Trinajstić information content (AvgIpc) is 2.86. The molecule has 0 radical (unpaired) electrons. The first-order valence-electron chi connectivity index (χ1n) is 8.29. The Morgan fingerprint density at radius 3 is 2.61 bits per heavy atom. The highest BCUT2D eigenvalue weighted by Crippen LogP contribution is 2.33. The highest BCUT2D eigenvalue weighted by molar-refractivity contribution is 6.32. The summed E-state index contributed by atoms with van der Waals surface area (Å²) in [6.45, 7) is 1.08. The molecule has 0 saturated carbocycles. The predicted octanol–water partition coefficient (Wildman–Crippen LogP) is 3.41.